The first-order valence-corrected chi connectivity index (χ1v) is 9.15. The quantitative estimate of drug-likeness (QED) is 0.823. The molecule has 0 radical (unpaired) electrons. The number of hydrogen-bond donors (Lipinski definition) is 1. The molecule has 26 heavy (non-hydrogen) atoms. The van der Waals surface area contributed by atoms with E-state index in [9.17, 15) is 9.59 Å². The van der Waals surface area contributed by atoms with Gasteiger partial charge in [-0.2, -0.15) is 0 Å². The van der Waals surface area contributed by atoms with Crippen LogP contribution in [-0.2, 0) is 4.79 Å². The Morgan fingerprint density at radius 1 is 1.27 bits per heavy atom. The van der Waals surface area contributed by atoms with Gasteiger partial charge in [0.2, 0.25) is 5.91 Å². The number of carbonyl (C=O) groups excluding carboxylic acids is 2. The van der Waals surface area contributed by atoms with Crippen molar-refractivity contribution in [3.8, 4) is 0 Å². The molecule has 1 aliphatic rings. The molecule has 2 rings (SSSR count). The molecule has 0 spiro atoms. The Balaban J connectivity index is 0.00000338. The van der Waals surface area contributed by atoms with Crippen LogP contribution in [0.25, 0.3) is 0 Å². The zero-order valence-electron chi connectivity index (χ0n) is 16.3. The SMILES string of the molecule is CC(C)C(N)CCN(C)C(=O)C1(C)CCCN1C(=O)c1ccccc1.Cl. The van der Waals surface area contributed by atoms with Crippen molar-refractivity contribution < 1.29 is 9.59 Å². The summed E-state index contributed by atoms with van der Waals surface area (Å²) in [5, 5.41) is 0. The molecule has 5 nitrogen and oxygen atoms in total. The third kappa shape index (κ3) is 4.77. The molecule has 0 aromatic heterocycles. The molecule has 1 heterocycles. The minimum Gasteiger partial charge on any atom is -0.344 e. The predicted molar refractivity (Wildman–Crippen MR) is 107 cm³/mol. The molecular formula is C20H32ClN3O2. The molecule has 0 saturated carbocycles. The predicted octanol–water partition coefficient (Wildman–Crippen LogP) is 2.93. The van der Waals surface area contributed by atoms with Gasteiger partial charge in [0.15, 0.2) is 0 Å². The zero-order chi connectivity index (χ0) is 18.6. The molecular weight excluding hydrogens is 350 g/mol. The number of benzene rings is 1. The van der Waals surface area contributed by atoms with Gasteiger partial charge in [-0.05, 0) is 44.2 Å². The van der Waals surface area contributed by atoms with Crippen LogP contribution in [0.15, 0.2) is 30.3 Å². The Kier molecular flexibility index (Phi) is 8.10. The van der Waals surface area contributed by atoms with E-state index >= 15 is 0 Å². The number of hydrogen-bond acceptors (Lipinski definition) is 3. The zero-order valence-corrected chi connectivity index (χ0v) is 17.1. The summed E-state index contributed by atoms with van der Waals surface area (Å²) >= 11 is 0. The Morgan fingerprint density at radius 2 is 1.88 bits per heavy atom. The number of likely N-dealkylation sites (N-methyl/N-ethyl adjacent to an activating group) is 1. The van der Waals surface area contributed by atoms with Gasteiger partial charge in [-0.15, -0.1) is 12.4 Å². The first-order chi connectivity index (χ1) is 11.8. The Hall–Kier alpha value is -1.59. The van der Waals surface area contributed by atoms with Gasteiger partial charge in [0.05, 0.1) is 0 Å². The molecule has 2 amide bonds. The second-order valence-corrected chi connectivity index (χ2v) is 7.62. The van der Waals surface area contributed by atoms with Crippen molar-refractivity contribution in [2.75, 3.05) is 20.1 Å². The molecule has 1 fully saturated rings. The van der Waals surface area contributed by atoms with Gasteiger partial charge < -0.3 is 15.5 Å². The summed E-state index contributed by atoms with van der Waals surface area (Å²) < 4.78 is 0. The third-order valence-electron chi connectivity index (χ3n) is 5.37. The molecule has 1 saturated heterocycles. The van der Waals surface area contributed by atoms with Gasteiger partial charge >= 0.3 is 0 Å². The standard InChI is InChI=1S/C20H31N3O2.ClH/c1-15(2)17(21)11-14-22(4)19(25)20(3)12-8-13-23(20)18(24)16-9-6-5-7-10-16;/h5-7,9-10,15,17H,8,11-14,21H2,1-4H3;1H. The molecule has 2 N–H and O–H groups in total. The first-order valence-electron chi connectivity index (χ1n) is 9.15. The van der Waals surface area contributed by atoms with E-state index in [1.54, 1.807) is 21.9 Å². The first kappa shape index (κ1) is 22.5. The normalized spacial score (nSPS) is 20.6. The summed E-state index contributed by atoms with van der Waals surface area (Å²) in [4.78, 5) is 29.4. The number of halogens is 1. The van der Waals surface area contributed by atoms with Gasteiger partial charge in [0, 0.05) is 31.7 Å². The van der Waals surface area contributed by atoms with Gasteiger partial charge in [-0.3, -0.25) is 9.59 Å². The topological polar surface area (TPSA) is 66.6 Å². The van der Waals surface area contributed by atoms with E-state index in [2.05, 4.69) is 13.8 Å². The van der Waals surface area contributed by atoms with Crippen molar-refractivity contribution in [2.45, 2.75) is 51.6 Å². The fraction of sp³-hybridized carbons (Fsp3) is 0.600. The minimum absolute atomic E-state index is 0. The third-order valence-corrected chi connectivity index (χ3v) is 5.37. The number of carbonyl (C=O) groups is 2. The summed E-state index contributed by atoms with van der Waals surface area (Å²) in [5.41, 5.74) is 5.96. The number of nitrogens with two attached hydrogens (primary N) is 1. The summed E-state index contributed by atoms with van der Waals surface area (Å²) in [7, 11) is 1.81. The van der Waals surface area contributed by atoms with Crippen LogP contribution < -0.4 is 5.73 Å². The Morgan fingerprint density at radius 3 is 2.46 bits per heavy atom. The van der Waals surface area contributed by atoms with E-state index in [0.717, 1.165) is 12.8 Å². The summed E-state index contributed by atoms with van der Waals surface area (Å²) in [6.07, 6.45) is 2.31. The van der Waals surface area contributed by atoms with E-state index in [1.807, 2.05) is 32.2 Å². The monoisotopic (exact) mass is 381 g/mol. The Labute approximate surface area is 163 Å². The maximum absolute atomic E-state index is 13.1. The number of nitrogens with zero attached hydrogens (tertiary/aromatic N) is 2. The van der Waals surface area contributed by atoms with Crippen LogP contribution in [-0.4, -0.2) is 53.3 Å². The van der Waals surface area contributed by atoms with Gasteiger partial charge in [0.1, 0.15) is 5.54 Å². The molecule has 1 aliphatic heterocycles. The molecule has 0 aliphatic carbocycles. The summed E-state index contributed by atoms with van der Waals surface area (Å²) in [5.74, 6) is 0.327. The van der Waals surface area contributed by atoms with Crippen LogP contribution in [0.2, 0.25) is 0 Å². The van der Waals surface area contributed by atoms with Crippen molar-refractivity contribution in [3.05, 3.63) is 35.9 Å². The highest BCUT2D eigenvalue weighted by Gasteiger charge is 2.47. The van der Waals surface area contributed by atoms with Crippen molar-refractivity contribution >= 4 is 24.2 Å². The van der Waals surface area contributed by atoms with Crippen molar-refractivity contribution in [1.82, 2.24) is 9.80 Å². The maximum Gasteiger partial charge on any atom is 0.254 e. The van der Waals surface area contributed by atoms with Gasteiger partial charge in [0.25, 0.3) is 5.91 Å². The fourth-order valence-electron chi connectivity index (χ4n) is 3.44. The number of amides is 2. The van der Waals surface area contributed by atoms with Crippen LogP contribution in [0.1, 0.15) is 50.4 Å². The number of rotatable bonds is 6. The van der Waals surface area contributed by atoms with Crippen LogP contribution in [0, 0.1) is 5.92 Å². The number of likely N-dealkylation sites (tertiary alicyclic amines) is 1. The minimum atomic E-state index is -0.774. The molecule has 1 aromatic rings. The van der Waals surface area contributed by atoms with Crippen LogP contribution in [0.5, 0.6) is 0 Å². The van der Waals surface area contributed by atoms with E-state index in [1.165, 1.54) is 0 Å². The largest absolute Gasteiger partial charge is 0.344 e. The van der Waals surface area contributed by atoms with Crippen LogP contribution >= 0.6 is 12.4 Å². The fourth-order valence-corrected chi connectivity index (χ4v) is 3.44. The second-order valence-electron chi connectivity index (χ2n) is 7.62. The van der Waals surface area contributed by atoms with E-state index in [0.29, 0.717) is 31.0 Å². The molecule has 6 heteroatoms. The van der Waals surface area contributed by atoms with Gasteiger partial charge in [-0.1, -0.05) is 32.0 Å². The van der Waals surface area contributed by atoms with Crippen LogP contribution in [0.4, 0.5) is 0 Å². The van der Waals surface area contributed by atoms with Crippen molar-refractivity contribution in [2.24, 2.45) is 11.7 Å². The highest BCUT2D eigenvalue weighted by Crippen LogP contribution is 2.32. The maximum atomic E-state index is 13.1. The van der Waals surface area contributed by atoms with E-state index in [-0.39, 0.29) is 30.3 Å². The van der Waals surface area contributed by atoms with Crippen molar-refractivity contribution in [3.63, 3.8) is 0 Å². The Bertz CT molecular complexity index is 608. The van der Waals surface area contributed by atoms with E-state index in [4.69, 9.17) is 5.73 Å². The highest BCUT2D eigenvalue weighted by molar-refractivity contribution is 5.99. The van der Waals surface area contributed by atoms with Crippen molar-refractivity contribution in [1.29, 1.82) is 0 Å². The lowest BCUT2D eigenvalue weighted by molar-refractivity contribution is -0.139. The smallest absolute Gasteiger partial charge is 0.254 e. The molecule has 2 atom stereocenters. The van der Waals surface area contributed by atoms with E-state index < -0.39 is 5.54 Å². The lowest BCUT2D eigenvalue weighted by atomic mass is 9.95. The summed E-state index contributed by atoms with van der Waals surface area (Å²) in [6, 6.07) is 9.27. The lowest BCUT2D eigenvalue weighted by Crippen LogP contribution is -2.56. The molecule has 1 aromatic carbocycles. The molecule has 0 bridgehead atoms. The second kappa shape index (κ2) is 9.38. The summed E-state index contributed by atoms with van der Waals surface area (Å²) in [6.45, 7) is 7.30. The molecule has 2 unspecified atom stereocenters. The molecule has 146 valence electrons. The van der Waals surface area contributed by atoms with Crippen LogP contribution in [0.3, 0.4) is 0 Å². The highest BCUT2D eigenvalue weighted by atomic mass is 35.5. The average Bonchev–Trinajstić information content (AvgIpc) is 3.01. The van der Waals surface area contributed by atoms with Gasteiger partial charge in [-0.25, -0.2) is 0 Å². The lowest BCUT2D eigenvalue weighted by Gasteiger charge is -2.37. The average molecular weight is 382 g/mol.